The summed E-state index contributed by atoms with van der Waals surface area (Å²) in [7, 11) is 0. The summed E-state index contributed by atoms with van der Waals surface area (Å²) >= 11 is 12.2. The van der Waals surface area contributed by atoms with Crippen LogP contribution >= 0.6 is 23.2 Å². The number of fused-ring (bicyclic) bond motifs is 2. The topological polar surface area (TPSA) is 129 Å². The van der Waals surface area contributed by atoms with Crippen LogP contribution in [0.3, 0.4) is 0 Å². The molecule has 4 aliphatic heterocycles. The van der Waals surface area contributed by atoms with E-state index in [-0.39, 0.29) is 59.6 Å². The average molecular weight is 1120 g/mol. The Labute approximate surface area is 484 Å². The minimum absolute atomic E-state index is 0.0237. The van der Waals surface area contributed by atoms with Gasteiger partial charge >= 0.3 is 0 Å². The van der Waals surface area contributed by atoms with E-state index < -0.39 is 0 Å². The first-order valence-electron chi connectivity index (χ1n) is 29.5. The fraction of sp³-hybridized carbons (Fsp3) is 0.455. The molecular weight excluding hydrogens is 1040 g/mol. The van der Waals surface area contributed by atoms with Crippen molar-refractivity contribution in [1.82, 2.24) is 40.9 Å². The van der Waals surface area contributed by atoms with Crippen molar-refractivity contribution in [3.63, 3.8) is 0 Å². The Morgan fingerprint density at radius 1 is 0.500 bits per heavy atom. The van der Waals surface area contributed by atoms with Gasteiger partial charge in [0.25, 0.3) is 11.8 Å². The van der Waals surface area contributed by atoms with Crippen LogP contribution in [0.5, 0.6) is 0 Å². The number of nitrogens with one attached hydrogen (secondary N) is 4. The summed E-state index contributed by atoms with van der Waals surface area (Å²) in [4.78, 5) is 62.7. The third-order valence-electron chi connectivity index (χ3n) is 16.9. The van der Waals surface area contributed by atoms with Crippen LogP contribution in [-0.4, -0.2) is 146 Å². The SMILES string of the molecule is C[C@@H](CN1CC[C@@H](CNC(=O)c2ccc3ccccc3c2)N[C@@H](CCN2CCCCC2)C1=O)c1ccc(Cl)cc1.C[C@H](CN1CC[C@@H](CNC(=O)c2ccc3ccccc3c2)N[C@@H](CCN2CCCCC2)C1=O)c1ccc(Cl)cc1. The van der Waals surface area contributed by atoms with E-state index in [0.717, 1.165) is 96.5 Å². The summed E-state index contributed by atoms with van der Waals surface area (Å²) in [5.41, 5.74) is 3.67. The molecule has 424 valence electrons. The quantitative estimate of drug-likeness (QED) is 0.0670. The van der Waals surface area contributed by atoms with Crippen LogP contribution in [0.1, 0.15) is 122 Å². The molecule has 0 spiro atoms. The second kappa shape index (κ2) is 29.2. The summed E-state index contributed by atoms with van der Waals surface area (Å²) in [6.45, 7) is 14.3. The zero-order valence-electron chi connectivity index (χ0n) is 46.9. The van der Waals surface area contributed by atoms with E-state index in [0.29, 0.717) is 50.4 Å². The molecule has 6 aromatic rings. The number of benzene rings is 6. The van der Waals surface area contributed by atoms with Gasteiger partial charge in [-0.3, -0.25) is 19.2 Å². The number of halogens is 2. The Kier molecular flexibility index (Phi) is 21.5. The highest BCUT2D eigenvalue weighted by Gasteiger charge is 2.34. The molecule has 4 saturated heterocycles. The molecule has 6 atom stereocenters. The molecule has 4 fully saturated rings. The highest BCUT2D eigenvalue weighted by molar-refractivity contribution is 6.30. The lowest BCUT2D eigenvalue weighted by Gasteiger charge is -2.30. The monoisotopic (exact) mass is 1120 g/mol. The van der Waals surface area contributed by atoms with Crippen molar-refractivity contribution in [3.05, 3.63) is 166 Å². The van der Waals surface area contributed by atoms with Crippen molar-refractivity contribution < 1.29 is 19.2 Å². The molecule has 0 saturated carbocycles. The number of hydrogen-bond acceptors (Lipinski definition) is 8. The smallest absolute Gasteiger partial charge is 0.251 e. The Balaban J connectivity index is 0.000000194. The van der Waals surface area contributed by atoms with E-state index in [1.165, 1.54) is 49.7 Å². The fourth-order valence-corrected chi connectivity index (χ4v) is 12.3. The van der Waals surface area contributed by atoms with E-state index in [2.05, 4.69) is 44.9 Å². The lowest BCUT2D eigenvalue weighted by molar-refractivity contribution is -0.134. The van der Waals surface area contributed by atoms with Crippen molar-refractivity contribution in [3.8, 4) is 0 Å². The van der Waals surface area contributed by atoms with Gasteiger partial charge in [0.1, 0.15) is 0 Å². The van der Waals surface area contributed by atoms with Crippen LogP contribution in [0.25, 0.3) is 21.5 Å². The summed E-state index contributed by atoms with van der Waals surface area (Å²) in [5, 5.41) is 19.3. The van der Waals surface area contributed by atoms with E-state index in [9.17, 15) is 19.2 Å². The maximum Gasteiger partial charge on any atom is 0.251 e. The molecule has 4 heterocycles. The third-order valence-corrected chi connectivity index (χ3v) is 17.4. The maximum atomic E-state index is 13.8. The van der Waals surface area contributed by atoms with E-state index in [4.69, 9.17) is 23.2 Å². The molecule has 0 unspecified atom stereocenters. The van der Waals surface area contributed by atoms with E-state index >= 15 is 0 Å². The van der Waals surface area contributed by atoms with Crippen LogP contribution in [0.15, 0.2) is 133 Å². The van der Waals surface area contributed by atoms with Gasteiger partial charge in [0.15, 0.2) is 0 Å². The molecule has 4 aliphatic rings. The van der Waals surface area contributed by atoms with Gasteiger partial charge in [0, 0.05) is 85.6 Å². The van der Waals surface area contributed by atoms with Crippen LogP contribution in [0.4, 0.5) is 0 Å². The van der Waals surface area contributed by atoms with Gasteiger partial charge in [-0.25, -0.2) is 0 Å². The first-order chi connectivity index (χ1) is 38.9. The summed E-state index contributed by atoms with van der Waals surface area (Å²) in [6.07, 6.45) is 10.7. The van der Waals surface area contributed by atoms with E-state index in [1.54, 1.807) is 0 Å². The van der Waals surface area contributed by atoms with Crippen molar-refractivity contribution >= 4 is 68.4 Å². The molecule has 12 nitrogen and oxygen atoms in total. The minimum atomic E-state index is -0.260. The molecule has 0 aromatic heterocycles. The molecule has 10 rings (SSSR count). The highest BCUT2D eigenvalue weighted by atomic mass is 35.5. The van der Waals surface area contributed by atoms with Crippen LogP contribution in [-0.2, 0) is 9.59 Å². The van der Waals surface area contributed by atoms with Gasteiger partial charge < -0.3 is 40.9 Å². The predicted molar refractivity (Wildman–Crippen MR) is 326 cm³/mol. The second-order valence-electron chi connectivity index (χ2n) is 22.8. The largest absolute Gasteiger partial charge is 0.350 e. The van der Waals surface area contributed by atoms with Gasteiger partial charge in [-0.15, -0.1) is 0 Å². The number of carbonyl (C=O) groups excluding carboxylic acids is 4. The number of nitrogens with zero attached hydrogens (tertiary/aromatic N) is 4. The van der Waals surface area contributed by atoms with Gasteiger partial charge in [-0.1, -0.05) is 135 Å². The summed E-state index contributed by atoms with van der Waals surface area (Å²) in [6, 6.07) is 43.1. The number of likely N-dealkylation sites (tertiary alicyclic amines) is 2. The number of piperidine rings is 2. The van der Waals surface area contributed by atoms with Crippen molar-refractivity contribution in [2.45, 2.75) is 114 Å². The zero-order chi connectivity index (χ0) is 55.8. The van der Waals surface area contributed by atoms with E-state index in [1.807, 2.05) is 143 Å². The molecular formula is C66H82Cl2N8O4. The second-order valence-corrected chi connectivity index (χ2v) is 23.7. The molecule has 14 heteroatoms. The molecule has 80 heavy (non-hydrogen) atoms. The molecule has 4 amide bonds. The van der Waals surface area contributed by atoms with Crippen molar-refractivity contribution in [1.29, 1.82) is 0 Å². The minimum Gasteiger partial charge on any atom is -0.350 e. The van der Waals surface area contributed by atoms with Crippen LogP contribution < -0.4 is 21.3 Å². The Bertz CT molecular complexity index is 2780. The highest BCUT2D eigenvalue weighted by Crippen LogP contribution is 2.25. The van der Waals surface area contributed by atoms with Crippen molar-refractivity contribution in [2.75, 3.05) is 78.5 Å². The molecule has 6 aromatic carbocycles. The number of amides is 4. The van der Waals surface area contributed by atoms with Crippen LogP contribution in [0, 0.1) is 0 Å². The summed E-state index contributed by atoms with van der Waals surface area (Å²) in [5.74, 6) is 0.575. The number of rotatable bonds is 18. The normalized spacial score (nSPS) is 21.2. The van der Waals surface area contributed by atoms with Gasteiger partial charge in [0.05, 0.1) is 12.1 Å². The molecule has 4 N–H and O–H groups in total. The van der Waals surface area contributed by atoms with Crippen molar-refractivity contribution in [2.24, 2.45) is 0 Å². The first-order valence-corrected chi connectivity index (χ1v) is 30.3. The lowest BCUT2D eigenvalue weighted by Crippen LogP contribution is -2.50. The third kappa shape index (κ3) is 16.6. The lowest BCUT2D eigenvalue weighted by atomic mass is 10.00. The van der Waals surface area contributed by atoms with Gasteiger partial charge in [-0.2, -0.15) is 0 Å². The molecule has 0 radical (unpaired) electrons. The fourth-order valence-electron chi connectivity index (χ4n) is 12.0. The Morgan fingerprint density at radius 2 is 0.875 bits per heavy atom. The van der Waals surface area contributed by atoms with Crippen LogP contribution in [0.2, 0.25) is 10.0 Å². The Hall–Kier alpha value is -5.86. The molecule has 0 aliphatic carbocycles. The first kappa shape index (κ1) is 58.8. The Morgan fingerprint density at radius 3 is 1.26 bits per heavy atom. The average Bonchev–Trinajstić information content (AvgIpc) is 3.73. The van der Waals surface area contributed by atoms with Gasteiger partial charge in [0.2, 0.25) is 11.8 Å². The van der Waals surface area contributed by atoms with Gasteiger partial charge in [-0.05, 0) is 171 Å². The number of hydrogen-bond donors (Lipinski definition) is 4. The zero-order valence-corrected chi connectivity index (χ0v) is 48.4. The number of carbonyl (C=O) groups is 4. The summed E-state index contributed by atoms with van der Waals surface area (Å²) < 4.78 is 0. The standard InChI is InChI=1S/2C33H41ClN4O2/c2*1-24(25-11-13-29(34)14-12-25)23-38-20-15-30(36-31(33(38)40)16-19-37-17-5-2-6-18-37)22-35-32(39)28-10-9-26-7-3-4-8-27(26)21-28/h2*3-4,7-14,21,24,30-31,36H,2,5-6,15-20,22-23H2,1H3,(H,35,39)/t24-,30+,31+;24-,30-,31-/m10/s1. The maximum absolute atomic E-state index is 13.8. The molecule has 0 bridgehead atoms. The predicted octanol–water partition coefficient (Wildman–Crippen LogP) is 10.9.